The number of nitrogens with zero attached hydrogens (tertiary/aromatic N) is 3. The lowest BCUT2D eigenvalue weighted by Gasteiger charge is -2.25. The van der Waals surface area contributed by atoms with Crippen molar-refractivity contribution in [1.82, 2.24) is 14.8 Å². The molecular formula is C27H33N5O2. The molecule has 3 heterocycles. The number of fused-ring (bicyclic) bond motifs is 2. The summed E-state index contributed by atoms with van der Waals surface area (Å²) in [4.78, 5) is 34.3. The van der Waals surface area contributed by atoms with E-state index in [9.17, 15) is 9.59 Å². The summed E-state index contributed by atoms with van der Waals surface area (Å²) in [6.07, 6.45) is 7.18. The molecule has 2 N–H and O–H groups in total. The molecule has 2 amide bonds. The van der Waals surface area contributed by atoms with Crippen molar-refractivity contribution in [3.05, 3.63) is 42.5 Å². The van der Waals surface area contributed by atoms with Crippen LogP contribution < -0.4 is 10.6 Å². The summed E-state index contributed by atoms with van der Waals surface area (Å²) in [6.45, 7) is 4.85. The average Bonchev–Trinajstić information content (AvgIpc) is 2.84. The lowest BCUT2D eigenvalue weighted by atomic mass is 10.1. The SMILES string of the molecule is O=C(CN1CCCCC1)Nc1ccc2cc3ccc(NC(=O)CN4CCCCC4)cc3nc2c1. The second-order valence-electron chi connectivity index (χ2n) is 9.57. The summed E-state index contributed by atoms with van der Waals surface area (Å²) in [6, 6.07) is 13.8. The van der Waals surface area contributed by atoms with Gasteiger partial charge in [-0.05, 0) is 82.2 Å². The maximum Gasteiger partial charge on any atom is 0.238 e. The first-order valence-corrected chi connectivity index (χ1v) is 12.5. The van der Waals surface area contributed by atoms with E-state index in [1.807, 2.05) is 36.4 Å². The summed E-state index contributed by atoms with van der Waals surface area (Å²) in [5.74, 6) is 0.0292. The molecule has 34 heavy (non-hydrogen) atoms. The summed E-state index contributed by atoms with van der Waals surface area (Å²) in [7, 11) is 0. The number of carbonyl (C=O) groups is 2. The second kappa shape index (κ2) is 10.5. The molecule has 5 rings (SSSR count). The molecule has 2 fully saturated rings. The van der Waals surface area contributed by atoms with Crippen LogP contribution in [-0.2, 0) is 9.59 Å². The van der Waals surface area contributed by atoms with Crippen LogP contribution >= 0.6 is 0 Å². The Morgan fingerprint density at radius 2 is 1.09 bits per heavy atom. The highest BCUT2D eigenvalue weighted by Gasteiger charge is 2.15. The van der Waals surface area contributed by atoms with Crippen molar-refractivity contribution in [2.24, 2.45) is 0 Å². The van der Waals surface area contributed by atoms with Gasteiger partial charge in [0.25, 0.3) is 0 Å². The molecule has 2 saturated heterocycles. The molecule has 0 radical (unpaired) electrons. The van der Waals surface area contributed by atoms with Crippen molar-refractivity contribution in [2.45, 2.75) is 38.5 Å². The zero-order chi connectivity index (χ0) is 23.3. The van der Waals surface area contributed by atoms with Crippen LogP contribution in [0.2, 0.25) is 0 Å². The normalized spacial score (nSPS) is 17.6. The standard InChI is InChI=1S/C27H33N5O2/c33-26(18-31-11-3-1-4-12-31)28-22-9-7-20-15-21-8-10-23(17-25(21)30-24(20)16-22)29-27(34)19-32-13-5-2-6-14-32/h7-10,15-17H,1-6,11-14,18-19H2,(H,28,33)(H,29,34). The molecule has 7 heteroatoms. The van der Waals surface area contributed by atoms with Crippen LogP contribution in [0.15, 0.2) is 42.5 Å². The van der Waals surface area contributed by atoms with Gasteiger partial charge in [0.2, 0.25) is 11.8 Å². The number of amides is 2. The third-order valence-corrected chi connectivity index (χ3v) is 6.81. The van der Waals surface area contributed by atoms with Crippen molar-refractivity contribution in [3.63, 3.8) is 0 Å². The molecule has 0 bridgehead atoms. The largest absolute Gasteiger partial charge is 0.325 e. The molecular weight excluding hydrogens is 426 g/mol. The molecule has 0 atom stereocenters. The summed E-state index contributed by atoms with van der Waals surface area (Å²) in [5.41, 5.74) is 3.15. The van der Waals surface area contributed by atoms with Crippen molar-refractivity contribution >= 4 is 45.0 Å². The maximum absolute atomic E-state index is 12.5. The predicted molar refractivity (Wildman–Crippen MR) is 137 cm³/mol. The fourth-order valence-electron chi connectivity index (χ4n) is 5.02. The van der Waals surface area contributed by atoms with Crippen LogP contribution in [0.4, 0.5) is 11.4 Å². The molecule has 0 spiro atoms. The van der Waals surface area contributed by atoms with Gasteiger partial charge >= 0.3 is 0 Å². The van der Waals surface area contributed by atoms with Gasteiger partial charge < -0.3 is 10.6 Å². The number of rotatable bonds is 6. The van der Waals surface area contributed by atoms with E-state index in [2.05, 4.69) is 26.5 Å². The van der Waals surface area contributed by atoms with Gasteiger partial charge in [-0.2, -0.15) is 0 Å². The van der Waals surface area contributed by atoms with Crippen molar-refractivity contribution in [1.29, 1.82) is 0 Å². The van der Waals surface area contributed by atoms with Crippen LogP contribution in [0.3, 0.4) is 0 Å². The number of carbonyl (C=O) groups excluding carboxylic acids is 2. The van der Waals surface area contributed by atoms with Gasteiger partial charge in [0.15, 0.2) is 0 Å². The van der Waals surface area contributed by atoms with E-state index >= 15 is 0 Å². The van der Waals surface area contributed by atoms with Gasteiger partial charge in [-0.15, -0.1) is 0 Å². The van der Waals surface area contributed by atoms with Crippen LogP contribution in [-0.4, -0.2) is 65.9 Å². The van der Waals surface area contributed by atoms with Crippen LogP contribution in [0, 0.1) is 0 Å². The fourth-order valence-corrected chi connectivity index (χ4v) is 5.02. The van der Waals surface area contributed by atoms with E-state index < -0.39 is 0 Å². The molecule has 0 saturated carbocycles. The summed E-state index contributed by atoms with van der Waals surface area (Å²) < 4.78 is 0. The minimum absolute atomic E-state index is 0.0146. The first-order chi connectivity index (χ1) is 16.6. The second-order valence-corrected chi connectivity index (χ2v) is 9.57. The van der Waals surface area contributed by atoms with Gasteiger partial charge in [-0.25, -0.2) is 4.98 Å². The highest BCUT2D eigenvalue weighted by atomic mass is 16.2. The van der Waals surface area contributed by atoms with E-state index in [1.54, 1.807) is 0 Å². The third kappa shape index (κ3) is 5.72. The minimum Gasteiger partial charge on any atom is -0.325 e. The Kier molecular flexibility index (Phi) is 7.02. The zero-order valence-corrected chi connectivity index (χ0v) is 19.7. The smallest absolute Gasteiger partial charge is 0.238 e. The highest BCUT2D eigenvalue weighted by Crippen LogP contribution is 2.25. The maximum atomic E-state index is 12.5. The Hall–Kier alpha value is -3.03. The Morgan fingerprint density at radius 3 is 1.53 bits per heavy atom. The van der Waals surface area contributed by atoms with Crippen molar-refractivity contribution < 1.29 is 9.59 Å². The Bertz CT molecular complexity index is 1090. The van der Waals surface area contributed by atoms with Crippen LogP contribution in [0.1, 0.15) is 38.5 Å². The summed E-state index contributed by atoms with van der Waals surface area (Å²) in [5, 5.41) is 8.08. The number of piperidine rings is 2. The average molecular weight is 460 g/mol. The minimum atomic E-state index is 0.0146. The molecule has 2 aliphatic rings. The fraction of sp³-hybridized carbons (Fsp3) is 0.444. The first kappa shape index (κ1) is 22.7. The lowest BCUT2D eigenvalue weighted by molar-refractivity contribution is -0.118. The van der Waals surface area contributed by atoms with E-state index in [4.69, 9.17) is 4.98 Å². The molecule has 2 aromatic carbocycles. The molecule has 0 unspecified atom stereocenters. The monoisotopic (exact) mass is 459 g/mol. The molecule has 1 aromatic heterocycles. The topological polar surface area (TPSA) is 77.6 Å². The van der Waals surface area contributed by atoms with E-state index in [0.717, 1.165) is 59.4 Å². The quantitative estimate of drug-likeness (QED) is 0.539. The number of aromatic nitrogens is 1. The lowest BCUT2D eigenvalue weighted by Crippen LogP contribution is -2.36. The van der Waals surface area contributed by atoms with Crippen LogP contribution in [0.25, 0.3) is 21.8 Å². The number of hydrogen-bond acceptors (Lipinski definition) is 5. The Balaban J connectivity index is 1.27. The van der Waals surface area contributed by atoms with E-state index in [-0.39, 0.29) is 11.8 Å². The van der Waals surface area contributed by atoms with Gasteiger partial charge in [-0.1, -0.05) is 25.0 Å². The van der Waals surface area contributed by atoms with E-state index in [0.29, 0.717) is 13.1 Å². The number of pyridine rings is 1. The molecule has 3 aromatic rings. The predicted octanol–water partition coefficient (Wildman–Crippen LogP) is 4.24. The molecule has 0 aliphatic carbocycles. The first-order valence-electron chi connectivity index (χ1n) is 12.5. The summed E-state index contributed by atoms with van der Waals surface area (Å²) >= 11 is 0. The Morgan fingerprint density at radius 1 is 0.647 bits per heavy atom. The van der Waals surface area contributed by atoms with Crippen LogP contribution in [0.5, 0.6) is 0 Å². The highest BCUT2D eigenvalue weighted by molar-refractivity contribution is 5.99. The van der Waals surface area contributed by atoms with Gasteiger partial charge in [0.1, 0.15) is 0 Å². The third-order valence-electron chi connectivity index (χ3n) is 6.81. The number of nitrogens with one attached hydrogen (secondary N) is 2. The van der Waals surface area contributed by atoms with E-state index in [1.165, 1.54) is 38.5 Å². The van der Waals surface area contributed by atoms with Crippen molar-refractivity contribution in [2.75, 3.05) is 49.9 Å². The number of anilines is 2. The number of hydrogen-bond donors (Lipinski definition) is 2. The zero-order valence-electron chi connectivity index (χ0n) is 19.7. The Labute approximate surface area is 200 Å². The molecule has 178 valence electrons. The molecule has 2 aliphatic heterocycles. The number of likely N-dealkylation sites (tertiary alicyclic amines) is 2. The number of benzene rings is 2. The van der Waals surface area contributed by atoms with Gasteiger partial charge in [0.05, 0.1) is 24.1 Å². The van der Waals surface area contributed by atoms with Gasteiger partial charge in [-0.3, -0.25) is 19.4 Å². The van der Waals surface area contributed by atoms with Crippen molar-refractivity contribution in [3.8, 4) is 0 Å². The van der Waals surface area contributed by atoms with Gasteiger partial charge in [0, 0.05) is 22.1 Å². The molecule has 7 nitrogen and oxygen atoms in total.